The molecule has 1 amide bonds. The van der Waals surface area contributed by atoms with E-state index in [1.54, 1.807) is 31.2 Å². The zero-order valence-corrected chi connectivity index (χ0v) is 24.0. The lowest BCUT2D eigenvalue weighted by molar-refractivity contribution is -0.384. The van der Waals surface area contributed by atoms with E-state index in [-0.39, 0.29) is 23.9 Å². The molecule has 0 bridgehead atoms. The SMILES string of the molecule is C=CC(=O)NCCOCCN(CC)c1ccc(N=Nc2cc(C)c(N=Nc3ccc(C)cc3[N+](=O)[O-])cc2CO)cc1. The lowest BCUT2D eigenvalue weighted by Gasteiger charge is -2.23. The Kier molecular flexibility index (Phi) is 12.0. The molecule has 0 aliphatic heterocycles. The molecule has 0 unspecified atom stereocenters. The number of aliphatic hydroxyl groups excluding tert-OH is 1. The van der Waals surface area contributed by atoms with Gasteiger partial charge in [-0.2, -0.15) is 15.3 Å². The van der Waals surface area contributed by atoms with Crippen LogP contribution in [0.15, 0.2) is 87.7 Å². The number of aryl methyl sites for hydroxylation is 2. The predicted molar refractivity (Wildman–Crippen MR) is 162 cm³/mol. The highest BCUT2D eigenvalue weighted by Gasteiger charge is 2.14. The van der Waals surface area contributed by atoms with Gasteiger partial charge in [0.15, 0.2) is 5.69 Å². The summed E-state index contributed by atoms with van der Waals surface area (Å²) in [7, 11) is 0. The number of hydrogen-bond donors (Lipinski definition) is 2. The van der Waals surface area contributed by atoms with E-state index < -0.39 is 4.92 Å². The Morgan fingerprint density at radius 1 is 1.02 bits per heavy atom. The minimum atomic E-state index is -0.492. The van der Waals surface area contributed by atoms with Crippen molar-refractivity contribution >= 4 is 40.0 Å². The van der Waals surface area contributed by atoms with E-state index >= 15 is 0 Å². The summed E-state index contributed by atoms with van der Waals surface area (Å²) >= 11 is 0. The zero-order valence-electron chi connectivity index (χ0n) is 24.0. The third kappa shape index (κ3) is 9.11. The number of azo groups is 2. The van der Waals surface area contributed by atoms with Crippen molar-refractivity contribution in [3.05, 3.63) is 94.1 Å². The van der Waals surface area contributed by atoms with Gasteiger partial charge in [0.05, 0.1) is 41.8 Å². The van der Waals surface area contributed by atoms with Crippen molar-refractivity contribution in [2.45, 2.75) is 27.4 Å². The highest BCUT2D eigenvalue weighted by Crippen LogP contribution is 2.34. The molecular formula is C30H35N7O5. The molecule has 3 aromatic carbocycles. The first-order chi connectivity index (χ1) is 20.2. The summed E-state index contributed by atoms with van der Waals surface area (Å²) in [6.45, 7) is 11.6. The van der Waals surface area contributed by atoms with Crippen LogP contribution in [0.5, 0.6) is 0 Å². The molecule has 0 radical (unpaired) electrons. The van der Waals surface area contributed by atoms with Gasteiger partial charge < -0.3 is 20.1 Å². The van der Waals surface area contributed by atoms with Crippen LogP contribution in [0.1, 0.15) is 23.6 Å². The first kappa shape index (κ1) is 31.7. The maximum absolute atomic E-state index is 11.4. The summed E-state index contributed by atoms with van der Waals surface area (Å²) in [5, 5.41) is 40.9. The van der Waals surface area contributed by atoms with Crippen LogP contribution < -0.4 is 10.2 Å². The lowest BCUT2D eigenvalue weighted by Crippen LogP contribution is -2.29. The molecule has 12 nitrogen and oxygen atoms in total. The molecule has 42 heavy (non-hydrogen) atoms. The number of nitrogens with zero attached hydrogens (tertiary/aromatic N) is 6. The lowest BCUT2D eigenvalue weighted by atomic mass is 10.1. The normalized spacial score (nSPS) is 11.2. The van der Waals surface area contributed by atoms with Gasteiger partial charge in [-0.05, 0) is 80.4 Å². The quantitative estimate of drug-likeness (QED) is 0.0679. The predicted octanol–water partition coefficient (Wildman–Crippen LogP) is 6.68. The molecule has 0 aliphatic rings. The number of amides is 1. The van der Waals surface area contributed by atoms with Crippen LogP contribution in [0.2, 0.25) is 0 Å². The van der Waals surface area contributed by atoms with Gasteiger partial charge in [0.2, 0.25) is 5.91 Å². The summed E-state index contributed by atoms with van der Waals surface area (Å²) in [5.74, 6) is -0.221. The number of benzene rings is 3. The van der Waals surface area contributed by atoms with Crippen molar-refractivity contribution in [2.24, 2.45) is 20.5 Å². The van der Waals surface area contributed by atoms with Gasteiger partial charge in [-0.25, -0.2) is 0 Å². The van der Waals surface area contributed by atoms with Crippen LogP contribution in [0.25, 0.3) is 0 Å². The molecule has 220 valence electrons. The highest BCUT2D eigenvalue weighted by atomic mass is 16.6. The number of carbonyl (C=O) groups excluding carboxylic acids is 1. The maximum Gasteiger partial charge on any atom is 0.296 e. The van der Waals surface area contributed by atoms with Crippen LogP contribution in [0, 0.1) is 24.0 Å². The van der Waals surface area contributed by atoms with Crippen LogP contribution in [-0.4, -0.2) is 48.8 Å². The number of carbonyl (C=O) groups is 1. The van der Waals surface area contributed by atoms with E-state index in [9.17, 15) is 20.0 Å². The molecule has 0 heterocycles. The number of aliphatic hydroxyl groups is 1. The fraction of sp³-hybridized carbons (Fsp3) is 0.300. The van der Waals surface area contributed by atoms with Crippen LogP contribution in [0.4, 0.5) is 34.1 Å². The van der Waals surface area contributed by atoms with Gasteiger partial charge >= 0.3 is 0 Å². The molecule has 0 aliphatic carbocycles. The fourth-order valence-corrected chi connectivity index (χ4v) is 3.93. The fourth-order valence-electron chi connectivity index (χ4n) is 3.93. The number of ether oxygens (including phenoxy) is 1. The van der Waals surface area contributed by atoms with E-state index in [0.717, 1.165) is 23.4 Å². The van der Waals surface area contributed by atoms with Gasteiger partial charge in [0.25, 0.3) is 5.69 Å². The van der Waals surface area contributed by atoms with E-state index in [4.69, 9.17) is 4.74 Å². The Balaban J connectivity index is 1.66. The average Bonchev–Trinajstić information content (AvgIpc) is 2.99. The smallest absolute Gasteiger partial charge is 0.296 e. The molecule has 3 aromatic rings. The molecule has 2 N–H and O–H groups in total. The summed E-state index contributed by atoms with van der Waals surface area (Å²) in [4.78, 5) is 24.2. The average molecular weight is 574 g/mol. The first-order valence-electron chi connectivity index (χ1n) is 13.4. The minimum absolute atomic E-state index is 0.128. The maximum atomic E-state index is 11.4. The number of hydrogen-bond acceptors (Lipinski definition) is 10. The van der Waals surface area contributed by atoms with Gasteiger partial charge in [-0.3, -0.25) is 14.9 Å². The van der Waals surface area contributed by atoms with Gasteiger partial charge in [-0.15, -0.1) is 5.11 Å². The third-order valence-corrected chi connectivity index (χ3v) is 6.27. The number of anilines is 1. The van der Waals surface area contributed by atoms with Crippen molar-refractivity contribution in [1.82, 2.24) is 5.32 Å². The second kappa shape index (κ2) is 15.8. The van der Waals surface area contributed by atoms with Crippen molar-refractivity contribution in [3.8, 4) is 0 Å². The summed E-state index contributed by atoms with van der Waals surface area (Å²) in [6, 6.07) is 15.7. The van der Waals surface area contributed by atoms with E-state index in [0.29, 0.717) is 48.9 Å². The van der Waals surface area contributed by atoms with E-state index in [2.05, 4.69) is 44.2 Å². The molecule has 0 spiro atoms. The van der Waals surface area contributed by atoms with Gasteiger partial charge in [0.1, 0.15) is 0 Å². The molecule has 3 rings (SSSR count). The summed E-state index contributed by atoms with van der Waals surface area (Å²) in [6.07, 6.45) is 1.23. The van der Waals surface area contributed by atoms with Crippen LogP contribution in [0.3, 0.4) is 0 Å². The van der Waals surface area contributed by atoms with Crippen molar-refractivity contribution in [1.29, 1.82) is 0 Å². The number of rotatable bonds is 15. The molecule has 0 saturated carbocycles. The largest absolute Gasteiger partial charge is 0.392 e. The number of likely N-dealkylation sites (N-methyl/N-ethyl adjacent to an activating group) is 1. The molecule has 0 saturated heterocycles. The molecule has 0 fully saturated rings. The third-order valence-electron chi connectivity index (χ3n) is 6.27. The molecule has 0 atom stereocenters. The van der Waals surface area contributed by atoms with E-state index in [1.807, 2.05) is 31.2 Å². The monoisotopic (exact) mass is 573 g/mol. The second-order valence-electron chi connectivity index (χ2n) is 9.28. The Morgan fingerprint density at radius 2 is 1.74 bits per heavy atom. The highest BCUT2D eigenvalue weighted by molar-refractivity contribution is 5.86. The van der Waals surface area contributed by atoms with Crippen LogP contribution >= 0.6 is 0 Å². The summed E-state index contributed by atoms with van der Waals surface area (Å²) < 4.78 is 5.61. The topological polar surface area (TPSA) is 154 Å². The van der Waals surface area contributed by atoms with Gasteiger partial charge in [-0.1, -0.05) is 12.6 Å². The minimum Gasteiger partial charge on any atom is -0.392 e. The van der Waals surface area contributed by atoms with Crippen molar-refractivity contribution < 1.29 is 19.6 Å². The number of nitro benzene ring substituents is 1. The zero-order chi connectivity index (χ0) is 30.5. The number of nitrogens with one attached hydrogen (secondary N) is 1. The Bertz CT molecular complexity index is 1460. The Hall–Kier alpha value is -4.81. The molecule has 0 aromatic heterocycles. The molecular weight excluding hydrogens is 538 g/mol. The van der Waals surface area contributed by atoms with Crippen molar-refractivity contribution in [3.63, 3.8) is 0 Å². The van der Waals surface area contributed by atoms with Gasteiger partial charge in [0, 0.05) is 37.0 Å². The molecule has 12 heteroatoms. The van der Waals surface area contributed by atoms with E-state index in [1.165, 1.54) is 12.1 Å². The van der Waals surface area contributed by atoms with Crippen molar-refractivity contribution in [2.75, 3.05) is 37.7 Å². The Morgan fingerprint density at radius 3 is 2.40 bits per heavy atom. The number of nitro groups is 1. The Labute approximate surface area is 244 Å². The first-order valence-corrected chi connectivity index (χ1v) is 13.4. The van der Waals surface area contributed by atoms with Crippen LogP contribution in [-0.2, 0) is 16.1 Å². The summed E-state index contributed by atoms with van der Waals surface area (Å²) in [5.41, 5.74) is 4.58. The standard InChI is InChI=1S/C30H35N7O5/c1-5-30(39)31-13-15-42-16-14-36(6-2)25-10-8-24(9-11-25)32-35-28-18-22(4)27(19-23(28)20-38)34-33-26-12-7-21(3)17-29(26)37(40)41/h5,7-12,17-19,38H,1,6,13-16,20H2,2-4H3,(H,31,39). The second-order valence-corrected chi connectivity index (χ2v) is 9.28.